The standard InChI is InChI=1S/C10H12N2O2/c1-7(2)12-10(14)9-4-3-8(6-13)5-11-9/h3-7H,1-2H3,(H,12,14). The van der Waals surface area contributed by atoms with Crippen molar-refractivity contribution in [3.63, 3.8) is 0 Å². The van der Waals surface area contributed by atoms with E-state index in [0.29, 0.717) is 17.5 Å². The number of hydrogen-bond donors (Lipinski definition) is 1. The first-order chi connectivity index (χ1) is 6.63. The second-order valence-electron chi connectivity index (χ2n) is 3.22. The van der Waals surface area contributed by atoms with Gasteiger partial charge in [0, 0.05) is 17.8 Å². The zero-order valence-electron chi connectivity index (χ0n) is 8.15. The van der Waals surface area contributed by atoms with Crippen molar-refractivity contribution in [2.45, 2.75) is 19.9 Å². The van der Waals surface area contributed by atoms with Gasteiger partial charge in [0.15, 0.2) is 6.29 Å². The zero-order chi connectivity index (χ0) is 10.6. The first-order valence-electron chi connectivity index (χ1n) is 4.35. The largest absolute Gasteiger partial charge is 0.349 e. The molecule has 0 bridgehead atoms. The number of carbonyl (C=O) groups excluding carboxylic acids is 2. The van der Waals surface area contributed by atoms with Gasteiger partial charge in [-0.1, -0.05) is 0 Å². The summed E-state index contributed by atoms with van der Waals surface area (Å²) in [6.45, 7) is 3.75. The maximum absolute atomic E-state index is 11.4. The molecular formula is C10H12N2O2. The summed E-state index contributed by atoms with van der Waals surface area (Å²) < 4.78 is 0. The molecule has 0 atom stereocenters. The Balaban J connectivity index is 2.76. The van der Waals surface area contributed by atoms with Crippen molar-refractivity contribution < 1.29 is 9.59 Å². The van der Waals surface area contributed by atoms with Crippen LogP contribution in [0.25, 0.3) is 0 Å². The molecule has 14 heavy (non-hydrogen) atoms. The molecule has 1 heterocycles. The summed E-state index contributed by atoms with van der Waals surface area (Å²) in [4.78, 5) is 25.6. The Morgan fingerprint density at radius 2 is 2.21 bits per heavy atom. The van der Waals surface area contributed by atoms with Crippen LogP contribution in [-0.2, 0) is 0 Å². The highest BCUT2D eigenvalue weighted by Crippen LogP contribution is 1.98. The molecule has 0 saturated heterocycles. The molecule has 1 rings (SSSR count). The van der Waals surface area contributed by atoms with Gasteiger partial charge in [-0.25, -0.2) is 0 Å². The van der Waals surface area contributed by atoms with Gasteiger partial charge in [-0.3, -0.25) is 14.6 Å². The quantitative estimate of drug-likeness (QED) is 0.728. The lowest BCUT2D eigenvalue weighted by molar-refractivity contribution is 0.0937. The minimum atomic E-state index is -0.225. The van der Waals surface area contributed by atoms with Crippen LogP contribution in [-0.4, -0.2) is 23.2 Å². The lowest BCUT2D eigenvalue weighted by Gasteiger charge is -2.06. The summed E-state index contributed by atoms with van der Waals surface area (Å²) >= 11 is 0. The molecule has 0 aromatic carbocycles. The number of carbonyl (C=O) groups is 2. The van der Waals surface area contributed by atoms with Crippen molar-refractivity contribution in [2.24, 2.45) is 0 Å². The molecule has 1 aromatic rings. The van der Waals surface area contributed by atoms with E-state index < -0.39 is 0 Å². The van der Waals surface area contributed by atoms with Crippen LogP contribution < -0.4 is 5.32 Å². The molecule has 0 unspecified atom stereocenters. The van der Waals surface area contributed by atoms with Crippen molar-refractivity contribution in [2.75, 3.05) is 0 Å². The van der Waals surface area contributed by atoms with Crippen molar-refractivity contribution in [3.05, 3.63) is 29.6 Å². The van der Waals surface area contributed by atoms with Gasteiger partial charge in [0.2, 0.25) is 0 Å². The molecular weight excluding hydrogens is 180 g/mol. The molecule has 4 nitrogen and oxygen atoms in total. The van der Waals surface area contributed by atoms with Crippen LogP contribution in [0.4, 0.5) is 0 Å². The molecule has 0 aliphatic heterocycles. The second kappa shape index (κ2) is 4.50. The monoisotopic (exact) mass is 192 g/mol. The third kappa shape index (κ3) is 2.65. The fourth-order valence-corrected chi connectivity index (χ4v) is 0.945. The fourth-order valence-electron chi connectivity index (χ4n) is 0.945. The normalized spacial score (nSPS) is 9.93. The number of hydrogen-bond acceptors (Lipinski definition) is 3. The Hall–Kier alpha value is -1.71. The van der Waals surface area contributed by atoms with Crippen LogP contribution in [0.1, 0.15) is 34.7 Å². The number of pyridine rings is 1. The van der Waals surface area contributed by atoms with E-state index in [1.165, 1.54) is 12.3 Å². The molecule has 0 aliphatic carbocycles. The summed E-state index contributed by atoms with van der Waals surface area (Å²) in [6, 6.07) is 3.17. The van der Waals surface area contributed by atoms with Gasteiger partial charge in [0.1, 0.15) is 5.69 Å². The van der Waals surface area contributed by atoms with Crippen LogP contribution in [0.3, 0.4) is 0 Å². The van der Waals surface area contributed by atoms with E-state index in [4.69, 9.17) is 0 Å². The zero-order valence-corrected chi connectivity index (χ0v) is 8.15. The molecule has 1 amide bonds. The Bertz CT molecular complexity index is 330. The van der Waals surface area contributed by atoms with Crippen LogP contribution in [0.15, 0.2) is 18.3 Å². The maximum atomic E-state index is 11.4. The fraction of sp³-hybridized carbons (Fsp3) is 0.300. The Labute approximate surface area is 82.3 Å². The molecule has 0 aliphatic rings. The topological polar surface area (TPSA) is 59.1 Å². The van der Waals surface area contributed by atoms with Crippen LogP contribution in [0.2, 0.25) is 0 Å². The average molecular weight is 192 g/mol. The number of amides is 1. The molecule has 0 radical (unpaired) electrons. The second-order valence-corrected chi connectivity index (χ2v) is 3.22. The summed E-state index contributed by atoms with van der Waals surface area (Å²) in [6.07, 6.45) is 2.07. The summed E-state index contributed by atoms with van der Waals surface area (Å²) in [5.74, 6) is -0.225. The van der Waals surface area contributed by atoms with Crippen molar-refractivity contribution in [1.29, 1.82) is 0 Å². The summed E-state index contributed by atoms with van der Waals surface area (Å²) in [5, 5.41) is 2.71. The highest BCUT2D eigenvalue weighted by molar-refractivity contribution is 5.92. The minimum absolute atomic E-state index is 0.0787. The maximum Gasteiger partial charge on any atom is 0.270 e. The third-order valence-electron chi connectivity index (χ3n) is 1.57. The number of aldehydes is 1. The van der Waals surface area contributed by atoms with Gasteiger partial charge in [-0.05, 0) is 26.0 Å². The van der Waals surface area contributed by atoms with Gasteiger partial charge in [-0.15, -0.1) is 0 Å². The van der Waals surface area contributed by atoms with E-state index in [2.05, 4.69) is 10.3 Å². The molecule has 1 aromatic heterocycles. The predicted octanol–water partition coefficient (Wildman–Crippen LogP) is 1.03. The SMILES string of the molecule is CC(C)NC(=O)c1ccc(C=O)cn1. The van der Waals surface area contributed by atoms with Crippen LogP contribution in [0, 0.1) is 0 Å². The Morgan fingerprint density at radius 1 is 1.50 bits per heavy atom. The number of nitrogens with zero attached hydrogens (tertiary/aromatic N) is 1. The van der Waals surface area contributed by atoms with Crippen LogP contribution >= 0.6 is 0 Å². The predicted molar refractivity (Wildman–Crippen MR) is 52.2 cm³/mol. The van der Waals surface area contributed by atoms with E-state index in [1.807, 2.05) is 13.8 Å². The van der Waals surface area contributed by atoms with E-state index in [1.54, 1.807) is 6.07 Å². The Morgan fingerprint density at radius 3 is 2.64 bits per heavy atom. The highest BCUT2D eigenvalue weighted by Gasteiger charge is 2.07. The first kappa shape index (κ1) is 10.4. The minimum Gasteiger partial charge on any atom is -0.349 e. The number of rotatable bonds is 3. The highest BCUT2D eigenvalue weighted by atomic mass is 16.2. The van der Waals surface area contributed by atoms with Gasteiger partial charge in [0.05, 0.1) is 0 Å². The van der Waals surface area contributed by atoms with Crippen molar-refractivity contribution >= 4 is 12.2 Å². The summed E-state index contributed by atoms with van der Waals surface area (Å²) in [5.41, 5.74) is 0.787. The van der Waals surface area contributed by atoms with E-state index >= 15 is 0 Å². The smallest absolute Gasteiger partial charge is 0.270 e. The van der Waals surface area contributed by atoms with Crippen molar-refractivity contribution in [1.82, 2.24) is 10.3 Å². The number of aromatic nitrogens is 1. The molecule has 0 saturated carbocycles. The number of nitrogens with one attached hydrogen (secondary N) is 1. The lowest BCUT2D eigenvalue weighted by atomic mass is 10.2. The molecule has 1 N–H and O–H groups in total. The van der Waals surface area contributed by atoms with Crippen molar-refractivity contribution in [3.8, 4) is 0 Å². The van der Waals surface area contributed by atoms with Gasteiger partial charge >= 0.3 is 0 Å². The summed E-state index contributed by atoms with van der Waals surface area (Å²) in [7, 11) is 0. The van der Waals surface area contributed by atoms with E-state index in [9.17, 15) is 9.59 Å². The first-order valence-corrected chi connectivity index (χ1v) is 4.35. The van der Waals surface area contributed by atoms with Gasteiger partial charge < -0.3 is 5.32 Å². The average Bonchev–Trinajstić information content (AvgIpc) is 2.17. The lowest BCUT2D eigenvalue weighted by Crippen LogP contribution is -2.30. The molecule has 4 heteroatoms. The Kier molecular flexibility index (Phi) is 3.34. The molecule has 0 fully saturated rings. The van der Waals surface area contributed by atoms with E-state index in [-0.39, 0.29) is 11.9 Å². The van der Waals surface area contributed by atoms with Gasteiger partial charge in [-0.2, -0.15) is 0 Å². The van der Waals surface area contributed by atoms with Gasteiger partial charge in [0.25, 0.3) is 5.91 Å². The molecule has 0 spiro atoms. The van der Waals surface area contributed by atoms with E-state index in [0.717, 1.165) is 0 Å². The third-order valence-corrected chi connectivity index (χ3v) is 1.57. The molecule has 74 valence electrons. The van der Waals surface area contributed by atoms with Crippen LogP contribution in [0.5, 0.6) is 0 Å².